The van der Waals surface area contributed by atoms with Crippen LogP contribution in [0, 0.1) is 12.8 Å². The Morgan fingerprint density at radius 3 is 2.44 bits per heavy atom. The lowest BCUT2D eigenvalue weighted by Crippen LogP contribution is -2.48. The fourth-order valence-electron chi connectivity index (χ4n) is 5.70. The van der Waals surface area contributed by atoms with Gasteiger partial charge in [0.25, 0.3) is 11.8 Å². The minimum absolute atomic E-state index is 0.00625. The van der Waals surface area contributed by atoms with Crippen LogP contribution in [0.15, 0.2) is 97.1 Å². The SMILES string of the molecule is C=CC1=CCC2C(=O)N(Nc3ccc(C)cc3)C(=O)C2(c2ccccc2)C1c1c(O)cccc1OC. The number of hydrazine groups is 1. The van der Waals surface area contributed by atoms with E-state index in [1.54, 1.807) is 24.3 Å². The van der Waals surface area contributed by atoms with Crippen molar-refractivity contribution < 1.29 is 19.4 Å². The highest BCUT2D eigenvalue weighted by Crippen LogP contribution is 2.60. The van der Waals surface area contributed by atoms with Crippen LogP contribution in [0.5, 0.6) is 11.5 Å². The van der Waals surface area contributed by atoms with Crippen molar-refractivity contribution in [2.24, 2.45) is 5.92 Å². The number of nitrogens with one attached hydrogen (secondary N) is 1. The van der Waals surface area contributed by atoms with Gasteiger partial charge < -0.3 is 9.84 Å². The van der Waals surface area contributed by atoms with Crippen LogP contribution < -0.4 is 10.2 Å². The molecule has 2 aliphatic rings. The number of methoxy groups -OCH3 is 1. The molecule has 0 saturated carbocycles. The lowest BCUT2D eigenvalue weighted by atomic mass is 9.55. The summed E-state index contributed by atoms with van der Waals surface area (Å²) < 4.78 is 5.65. The summed E-state index contributed by atoms with van der Waals surface area (Å²) in [7, 11) is 1.53. The molecule has 6 nitrogen and oxygen atoms in total. The first-order chi connectivity index (χ1) is 17.4. The molecule has 3 aromatic rings. The van der Waals surface area contributed by atoms with Crippen molar-refractivity contribution in [1.82, 2.24) is 5.01 Å². The van der Waals surface area contributed by atoms with Crippen molar-refractivity contribution in [3.8, 4) is 11.5 Å². The summed E-state index contributed by atoms with van der Waals surface area (Å²) in [6.07, 6.45) is 4.00. The summed E-state index contributed by atoms with van der Waals surface area (Å²) in [6, 6.07) is 21.9. The molecule has 182 valence electrons. The number of ether oxygens (including phenoxy) is 1. The molecule has 6 heteroatoms. The van der Waals surface area contributed by atoms with Gasteiger partial charge in [-0.25, -0.2) is 0 Å². The first-order valence-corrected chi connectivity index (χ1v) is 11.9. The quantitative estimate of drug-likeness (QED) is 0.471. The number of allylic oxidation sites excluding steroid dienone is 3. The second-order valence-corrected chi connectivity index (χ2v) is 9.21. The van der Waals surface area contributed by atoms with Gasteiger partial charge in [0.15, 0.2) is 0 Å². The van der Waals surface area contributed by atoms with Crippen molar-refractivity contribution in [3.63, 3.8) is 0 Å². The first-order valence-electron chi connectivity index (χ1n) is 11.9. The van der Waals surface area contributed by atoms with Gasteiger partial charge in [0, 0.05) is 11.5 Å². The van der Waals surface area contributed by atoms with E-state index in [0.717, 1.165) is 16.1 Å². The van der Waals surface area contributed by atoms with Gasteiger partial charge in [-0.3, -0.25) is 15.0 Å². The van der Waals surface area contributed by atoms with Gasteiger partial charge in [0.2, 0.25) is 0 Å². The number of nitrogens with zero attached hydrogens (tertiary/aromatic N) is 1. The number of amides is 2. The van der Waals surface area contributed by atoms with Crippen molar-refractivity contribution in [3.05, 3.63) is 114 Å². The minimum Gasteiger partial charge on any atom is -0.508 e. The number of carbonyl (C=O) groups is 2. The highest BCUT2D eigenvalue weighted by atomic mass is 16.5. The second kappa shape index (κ2) is 9.04. The van der Waals surface area contributed by atoms with Gasteiger partial charge in [0.1, 0.15) is 11.5 Å². The Balaban J connectivity index is 1.76. The zero-order valence-electron chi connectivity index (χ0n) is 20.3. The number of carbonyl (C=O) groups excluding carboxylic acids is 2. The Morgan fingerprint density at radius 1 is 1.06 bits per heavy atom. The lowest BCUT2D eigenvalue weighted by molar-refractivity contribution is -0.138. The van der Waals surface area contributed by atoms with E-state index in [1.165, 1.54) is 7.11 Å². The van der Waals surface area contributed by atoms with Crippen molar-refractivity contribution >= 4 is 17.5 Å². The molecule has 2 amide bonds. The van der Waals surface area contributed by atoms with Gasteiger partial charge >= 0.3 is 0 Å². The van der Waals surface area contributed by atoms with Crippen LogP contribution in [0.25, 0.3) is 0 Å². The van der Waals surface area contributed by atoms with E-state index < -0.39 is 17.3 Å². The molecule has 5 rings (SSSR count). The third-order valence-electron chi connectivity index (χ3n) is 7.33. The van der Waals surface area contributed by atoms with Crippen LogP contribution in [0.3, 0.4) is 0 Å². The minimum atomic E-state index is -1.32. The summed E-state index contributed by atoms with van der Waals surface area (Å²) in [5.74, 6) is -1.66. The number of fused-ring (bicyclic) bond motifs is 1. The molecule has 2 N–H and O–H groups in total. The molecule has 0 spiro atoms. The van der Waals surface area contributed by atoms with Crippen LogP contribution >= 0.6 is 0 Å². The van der Waals surface area contributed by atoms with E-state index >= 15 is 0 Å². The molecule has 3 atom stereocenters. The fraction of sp³-hybridized carbons (Fsp3) is 0.200. The molecule has 1 heterocycles. The normalized spacial score (nSPS) is 23.2. The van der Waals surface area contributed by atoms with E-state index in [4.69, 9.17) is 4.74 Å². The first kappa shape index (κ1) is 23.4. The number of rotatable bonds is 6. The van der Waals surface area contributed by atoms with Gasteiger partial charge in [-0.2, -0.15) is 5.01 Å². The number of aryl methyl sites for hydroxylation is 1. The maximum absolute atomic E-state index is 14.6. The molecule has 0 radical (unpaired) electrons. The van der Waals surface area contributed by atoms with E-state index in [2.05, 4.69) is 12.0 Å². The maximum Gasteiger partial charge on any atom is 0.260 e. The zero-order chi connectivity index (χ0) is 25.4. The van der Waals surface area contributed by atoms with Crippen LogP contribution in [-0.4, -0.2) is 29.0 Å². The number of anilines is 1. The number of phenols is 1. The maximum atomic E-state index is 14.6. The molecule has 3 aromatic carbocycles. The number of aromatic hydroxyl groups is 1. The fourth-order valence-corrected chi connectivity index (χ4v) is 5.70. The van der Waals surface area contributed by atoms with E-state index in [-0.39, 0.29) is 17.6 Å². The number of hydrogen-bond donors (Lipinski definition) is 2. The molecule has 3 unspecified atom stereocenters. The lowest BCUT2D eigenvalue weighted by Gasteiger charge is -2.43. The van der Waals surface area contributed by atoms with Gasteiger partial charge in [-0.1, -0.05) is 72.8 Å². The molecule has 36 heavy (non-hydrogen) atoms. The smallest absolute Gasteiger partial charge is 0.260 e. The van der Waals surface area contributed by atoms with Crippen molar-refractivity contribution in [1.29, 1.82) is 0 Å². The van der Waals surface area contributed by atoms with E-state index in [9.17, 15) is 14.7 Å². The second-order valence-electron chi connectivity index (χ2n) is 9.21. The number of phenolic OH excluding ortho intramolecular Hbond substituents is 1. The van der Waals surface area contributed by atoms with Crippen LogP contribution in [0.2, 0.25) is 0 Å². The largest absolute Gasteiger partial charge is 0.508 e. The Hall–Kier alpha value is -4.32. The number of hydrogen-bond acceptors (Lipinski definition) is 5. The Kier molecular flexibility index (Phi) is 5.88. The summed E-state index contributed by atoms with van der Waals surface area (Å²) >= 11 is 0. The van der Waals surface area contributed by atoms with Gasteiger partial charge in [-0.05, 0) is 48.7 Å². The Labute approximate surface area is 210 Å². The third kappa shape index (κ3) is 3.40. The zero-order valence-corrected chi connectivity index (χ0v) is 20.3. The van der Waals surface area contributed by atoms with Crippen LogP contribution in [-0.2, 0) is 15.0 Å². The average Bonchev–Trinajstić information content (AvgIpc) is 3.12. The van der Waals surface area contributed by atoms with Crippen LogP contribution in [0.4, 0.5) is 5.69 Å². The summed E-state index contributed by atoms with van der Waals surface area (Å²) in [4.78, 5) is 28.5. The monoisotopic (exact) mass is 480 g/mol. The summed E-state index contributed by atoms with van der Waals surface area (Å²) in [6.45, 7) is 5.98. The Morgan fingerprint density at radius 2 is 1.78 bits per heavy atom. The standard InChI is InChI=1S/C30H28N2O4/c1-4-20-15-18-23-28(34)32(31-22-16-13-19(2)14-17-22)29(35)30(23,21-9-6-5-7-10-21)27(20)26-24(33)11-8-12-25(26)36-3/h4-17,23,27,31,33H,1,18H2,2-3H3. The predicted molar refractivity (Wildman–Crippen MR) is 139 cm³/mol. The molecule has 1 fully saturated rings. The highest BCUT2D eigenvalue weighted by molar-refractivity contribution is 6.13. The molecule has 1 aliphatic carbocycles. The van der Waals surface area contributed by atoms with Gasteiger partial charge in [0.05, 0.1) is 24.1 Å². The molecule has 1 saturated heterocycles. The Bertz CT molecular complexity index is 1360. The molecule has 1 aliphatic heterocycles. The summed E-state index contributed by atoms with van der Waals surface area (Å²) in [5, 5.41) is 12.2. The molecule has 0 aromatic heterocycles. The van der Waals surface area contributed by atoms with Crippen molar-refractivity contribution in [2.45, 2.75) is 24.7 Å². The van der Waals surface area contributed by atoms with E-state index in [0.29, 0.717) is 29.0 Å². The topological polar surface area (TPSA) is 78.9 Å². The molecular weight excluding hydrogens is 452 g/mol. The highest BCUT2D eigenvalue weighted by Gasteiger charge is 2.66. The average molecular weight is 481 g/mol. The predicted octanol–water partition coefficient (Wildman–Crippen LogP) is 5.26. The van der Waals surface area contributed by atoms with Gasteiger partial charge in [-0.15, -0.1) is 0 Å². The molecule has 0 bridgehead atoms. The van der Waals surface area contributed by atoms with E-state index in [1.807, 2.05) is 67.6 Å². The van der Waals surface area contributed by atoms with Crippen molar-refractivity contribution in [2.75, 3.05) is 12.5 Å². The number of benzene rings is 3. The van der Waals surface area contributed by atoms with Crippen LogP contribution in [0.1, 0.15) is 29.0 Å². The third-order valence-corrected chi connectivity index (χ3v) is 7.33. The molecular formula is C30H28N2O4. The number of imide groups is 1. The summed E-state index contributed by atoms with van der Waals surface area (Å²) in [5.41, 5.74) is 5.36.